The maximum atomic E-state index is 13.1. The molecule has 1 N–H and O–H groups in total. The molecule has 0 atom stereocenters. The molecule has 0 fully saturated rings. The van der Waals surface area contributed by atoms with Crippen molar-refractivity contribution in [1.29, 1.82) is 0 Å². The summed E-state index contributed by atoms with van der Waals surface area (Å²) in [5.74, 6) is -0.285. The van der Waals surface area contributed by atoms with Crippen LogP contribution in [-0.2, 0) is 21.2 Å². The maximum Gasteiger partial charge on any atom is 0.265 e. The first-order chi connectivity index (χ1) is 12.5. The van der Waals surface area contributed by atoms with Crippen molar-refractivity contribution in [2.75, 3.05) is 17.4 Å². The molecule has 1 amide bonds. The number of anilines is 1. The average molecular weight is 372 g/mol. The minimum absolute atomic E-state index is 0.209. The number of aryl methyl sites for hydroxylation is 1. The molecule has 2 aromatic rings. The fourth-order valence-corrected chi connectivity index (χ4v) is 4.81. The number of nitrogens with zero attached hydrogens (tertiary/aromatic N) is 1. The van der Waals surface area contributed by atoms with E-state index in [1.807, 2.05) is 31.2 Å². The van der Waals surface area contributed by atoms with E-state index < -0.39 is 10.0 Å². The second-order valence-corrected chi connectivity index (χ2v) is 8.25. The van der Waals surface area contributed by atoms with E-state index in [0.29, 0.717) is 17.8 Å². The smallest absolute Gasteiger partial charge is 0.265 e. The van der Waals surface area contributed by atoms with Crippen LogP contribution in [0.3, 0.4) is 0 Å². The molecule has 0 spiro atoms. The van der Waals surface area contributed by atoms with Crippen LogP contribution < -0.4 is 9.62 Å². The molecule has 1 aliphatic heterocycles. The Morgan fingerprint density at radius 1 is 1.08 bits per heavy atom. The van der Waals surface area contributed by atoms with Crippen molar-refractivity contribution < 1.29 is 13.2 Å². The molecule has 0 unspecified atom stereocenters. The second-order valence-electron chi connectivity index (χ2n) is 6.42. The number of fused-ring (bicyclic) bond motifs is 3. The topological polar surface area (TPSA) is 66.5 Å². The Kier molecular flexibility index (Phi) is 5.32. The van der Waals surface area contributed by atoms with Gasteiger partial charge in [0.15, 0.2) is 0 Å². The van der Waals surface area contributed by atoms with Gasteiger partial charge in [-0.3, -0.25) is 9.10 Å². The Labute approximate surface area is 155 Å². The molecule has 1 heterocycles. The second kappa shape index (κ2) is 7.50. The van der Waals surface area contributed by atoms with Crippen molar-refractivity contribution in [1.82, 2.24) is 5.32 Å². The predicted octanol–water partition coefficient (Wildman–Crippen LogP) is 3.34. The normalized spacial score (nSPS) is 14.5. The summed E-state index contributed by atoms with van der Waals surface area (Å²) < 4.78 is 27.5. The maximum absolute atomic E-state index is 13.1. The van der Waals surface area contributed by atoms with Crippen molar-refractivity contribution in [3.8, 4) is 11.1 Å². The molecule has 0 aliphatic carbocycles. The summed E-state index contributed by atoms with van der Waals surface area (Å²) in [4.78, 5) is 12.6. The molecule has 0 saturated carbocycles. The van der Waals surface area contributed by atoms with Crippen molar-refractivity contribution in [3.63, 3.8) is 0 Å². The molecule has 0 radical (unpaired) electrons. The van der Waals surface area contributed by atoms with Crippen molar-refractivity contribution in [3.05, 3.63) is 48.0 Å². The quantitative estimate of drug-likeness (QED) is 0.791. The number of hydrogen-bond acceptors (Lipinski definition) is 3. The molecule has 3 rings (SSSR count). The zero-order valence-corrected chi connectivity index (χ0v) is 16.0. The van der Waals surface area contributed by atoms with Gasteiger partial charge in [-0.15, -0.1) is 0 Å². The number of benzene rings is 2. The van der Waals surface area contributed by atoms with Gasteiger partial charge in [-0.25, -0.2) is 8.42 Å². The van der Waals surface area contributed by atoms with E-state index >= 15 is 0 Å². The van der Waals surface area contributed by atoms with E-state index in [9.17, 15) is 13.2 Å². The third-order valence-electron chi connectivity index (χ3n) is 4.62. The third-order valence-corrected chi connectivity index (χ3v) is 6.44. The summed E-state index contributed by atoms with van der Waals surface area (Å²) in [6.07, 6.45) is 2.70. The van der Waals surface area contributed by atoms with E-state index in [0.717, 1.165) is 30.4 Å². The van der Waals surface area contributed by atoms with Gasteiger partial charge in [0.1, 0.15) is 6.54 Å². The third kappa shape index (κ3) is 3.33. The molecule has 0 aromatic heterocycles. The molecule has 138 valence electrons. The molecule has 6 heteroatoms. The van der Waals surface area contributed by atoms with Crippen LogP contribution >= 0.6 is 0 Å². The van der Waals surface area contributed by atoms with Gasteiger partial charge in [-0.2, -0.15) is 0 Å². The van der Waals surface area contributed by atoms with E-state index in [2.05, 4.69) is 12.2 Å². The summed E-state index contributed by atoms with van der Waals surface area (Å²) in [5.41, 5.74) is 3.24. The van der Waals surface area contributed by atoms with Crippen LogP contribution in [0.2, 0.25) is 0 Å². The first-order valence-corrected chi connectivity index (χ1v) is 10.4. The van der Waals surface area contributed by atoms with Crippen molar-refractivity contribution >= 4 is 21.6 Å². The van der Waals surface area contributed by atoms with Crippen LogP contribution in [0.15, 0.2) is 47.4 Å². The number of rotatable bonds is 6. The number of sulfonamides is 1. The number of hydrogen-bond donors (Lipinski definition) is 1. The zero-order chi connectivity index (χ0) is 18.7. The fourth-order valence-electron chi connectivity index (χ4n) is 3.16. The minimum Gasteiger partial charge on any atom is -0.355 e. The van der Waals surface area contributed by atoms with E-state index in [-0.39, 0.29) is 17.3 Å². The Bertz CT molecular complexity index is 922. The number of amides is 1. The van der Waals surface area contributed by atoms with Crippen molar-refractivity contribution in [2.24, 2.45) is 0 Å². The largest absolute Gasteiger partial charge is 0.355 e. The Balaban J connectivity index is 2.04. The molecule has 0 bridgehead atoms. The summed E-state index contributed by atoms with van der Waals surface area (Å²) >= 11 is 0. The monoisotopic (exact) mass is 372 g/mol. The van der Waals surface area contributed by atoms with E-state index in [4.69, 9.17) is 0 Å². The van der Waals surface area contributed by atoms with Gasteiger partial charge in [-0.05, 0) is 36.6 Å². The van der Waals surface area contributed by atoms with Crippen LogP contribution in [0.5, 0.6) is 0 Å². The fraction of sp³-hybridized carbons (Fsp3) is 0.350. The van der Waals surface area contributed by atoms with E-state index in [1.54, 1.807) is 18.2 Å². The highest BCUT2D eigenvalue weighted by Crippen LogP contribution is 2.43. The summed E-state index contributed by atoms with van der Waals surface area (Å²) in [7, 11) is -3.77. The van der Waals surface area contributed by atoms with Crippen LogP contribution in [0, 0.1) is 0 Å². The molecule has 0 saturated heterocycles. The lowest BCUT2D eigenvalue weighted by Gasteiger charge is -2.32. The van der Waals surface area contributed by atoms with Crippen LogP contribution in [0.25, 0.3) is 11.1 Å². The van der Waals surface area contributed by atoms with Gasteiger partial charge in [0.25, 0.3) is 10.0 Å². The molecule has 5 nitrogen and oxygen atoms in total. The Morgan fingerprint density at radius 2 is 1.85 bits per heavy atom. The predicted molar refractivity (Wildman–Crippen MR) is 104 cm³/mol. The number of carbonyl (C=O) groups is 1. The molecular formula is C20H24N2O3S. The van der Waals surface area contributed by atoms with Gasteiger partial charge in [-0.1, -0.05) is 44.5 Å². The average Bonchev–Trinajstić information content (AvgIpc) is 2.65. The SMILES string of the molecule is CCCCNC(=O)CN1c2ccc(CC)cc2-c2ccccc2S1(=O)=O. The highest BCUT2D eigenvalue weighted by molar-refractivity contribution is 7.93. The van der Waals surface area contributed by atoms with Gasteiger partial charge in [0.2, 0.25) is 5.91 Å². The standard InChI is InChI=1S/C20H24N2O3S/c1-3-5-12-21-20(23)14-22-18-11-10-15(4-2)13-17(18)16-8-6-7-9-19(16)26(22,24)25/h6-11,13H,3-5,12,14H2,1-2H3,(H,21,23). The number of unbranched alkanes of at least 4 members (excludes halogenated alkanes) is 1. The van der Waals surface area contributed by atoms with Crippen LogP contribution in [0.1, 0.15) is 32.3 Å². The molecule has 2 aromatic carbocycles. The lowest BCUT2D eigenvalue weighted by atomic mass is 9.99. The number of carbonyl (C=O) groups excluding carboxylic acids is 1. The highest BCUT2D eigenvalue weighted by atomic mass is 32.2. The Morgan fingerprint density at radius 3 is 2.58 bits per heavy atom. The first kappa shape index (κ1) is 18.5. The molecule has 26 heavy (non-hydrogen) atoms. The highest BCUT2D eigenvalue weighted by Gasteiger charge is 2.35. The van der Waals surface area contributed by atoms with Crippen LogP contribution in [-0.4, -0.2) is 27.4 Å². The minimum atomic E-state index is -3.77. The van der Waals surface area contributed by atoms with Gasteiger partial charge < -0.3 is 5.32 Å². The lowest BCUT2D eigenvalue weighted by Crippen LogP contribution is -2.42. The van der Waals surface area contributed by atoms with Crippen molar-refractivity contribution in [2.45, 2.75) is 38.0 Å². The molecular weight excluding hydrogens is 348 g/mol. The lowest BCUT2D eigenvalue weighted by molar-refractivity contribution is -0.119. The van der Waals surface area contributed by atoms with Crippen LogP contribution in [0.4, 0.5) is 5.69 Å². The molecule has 1 aliphatic rings. The first-order valence-electron chi connectivity index (χ1n) is 9.00. The summed E-state index contributed by atoms with van der Waals surface area (Å²) in [5, 5.41) is 2.80. The van der Waals surface area contributed by atoms with Gasteiger partial charge in [0, 0.05) is 17.7 Å². The van der Waals surface area contributed by atoms with Gasteiger partial charge in [0.05, 0.1) is 10.6 Å². The van der Waals surface area contributed by atoms with E-state index in [1.165, 1.54) is 4.31 Å². The zero-order valence-electron chi connectivity index (χ0n) is 15.2. The summed E-state index contributed by atoms with van der Waals surface area (Å²) in [6.45, 7) is 4.45. The Hall–Kier alpha value is -2.34. The summed E-state index contributed by atoms with van der Waals surface area (Å²) in [6, 6.07) is 12.7. The number of nitrogens with one attached hydrogen (secondary N) is 1. The van der Waals surface area contributed by atoms with Gasteiger partial charge >= 0.3 is 0 Å².